The van der Waals surface area contributed by atoms with Gasteiger partial charge in [-0.05, 0) is 64.5 Å². The average molecular weight is 523 g/mol. The van der Waals surface area contributed by atoms with Crippen molar-refractivity contribution in [2.75, 3.05) is 63.1 Å². The molecule has 3 aliphatic heterocycles. The molecule has 0 aliphatic carbocycles. The van der Waals surface area contributed by atoms with Crippen LogP contribution in [-0.2, 0) is 0 Å². The summed E-state index contributed by atoms with van der Waals surface area (Å²) in [5.41, 5.74) is 1.73. The number of fused-ring (bicyclic) bond motifs is 1. The fraction of sp³-hybridized carbons (Fsp3) is 0.667. The molecular formula is C30H43FN6O. The van der Waals surface area contributed by atoms with Crippen molar-refractivity contribution < 1.29 is 9.13 Å². The van der Waals surface area contributed by atoms with Gasteiger partial charge < -0.3 is 19.9 Å². The van der Waals surface area contributed by atoms with Crippen LogP contribution in [0.4, 0.5) is 16.2 Å². The number of nitrogens with zero attached hydrogens (tertiary/aromatic N) is 5. The van der Waals surface area contributed by atoms with E-state index >= 15 is 0 Å². The number of methoxy groups -OCH3 is 1. The SMILES string of the molecule is COc1cc2c(NC3CCN(C(C)C)CC3)nc(N3CCCCC3)nc2cc1C#CCCN1CC[C@H](F)C1. The summed E-state index contributed by atoms with van der Waals surface area (Å²) in [5, 5.41) is 4.77. The normalized spacial score (nSPS) is 21.6. The van der Waals surface area contributed by atoms with E-state index in [0.717, 1.165) is 86.1 Å². The van der Waals surface area contributed by atoms with Crippen molar-refractivity contribution in [2.24, 2.45) is 0 Å². The van der Waals surface area contributed by atoms with Crippen LogP contribution in [0, 0.1) is 11.8 Å². The van der Waals surface area contributed by atoms with Crippen LogP contribution in [0.2, 0.25) is 0 Å². The second kappa shape index (κ2) is 12.5. The highest BCUT2D eigenvalue weighted by molar-refractivity contribution is 5.93. The van der Waals surface area contributed by atoms with Crippen LogP contribution in [0.3, 0.4) is 0 Å². The van der Waals surface area contributed by atoms with Crippen LogP contribution < -0.4 is 15.0 Å². The van der Waals surface area contributed by atoms with Gasteiger partial charge in [0, 0.05) is 69.7 Å². The quantitative estimate of drug-likeness (QED) is 0.529. The Hall–Kier alpha value is -2.63. The minimum Gasteiger partial charge on any atom is -0.495 e. The summed E-state index contributed by atoms with van der Waals surface area (Å²) in [7, 11) is 1.69. The topological polar surface area (TPSA) is 56.8 Å². The summed E-state index contributed by atoms with van der Waals surface area (Å²) in [6.45, 7) is 10.9. The number of halogens is 1. The number of rotatable bonds is 7. The first kappa shape index (κ1) is 27.0. The Kier molecular flexibility index (Phi) is 8.86. The highest BCUT2D eigenvalue weighted by atomic mass is 19.1. The second-order valence-corrected chi connectivity index (χ2v) is 11.3. The van der Waals surface area contributed by atoms with Gasteiger partial charge in [0.1, 0.15) is 17.7 Å². The van der Waals surface area contributed by atoms with Crippen LogP contribution in [0.15, 0.2) is 12.1 Å². The summed E-state index contributed by atoms with van der Waals surface area (Å²) in [5.74, 6) is 9.03. The van der Waals surface area contributed by atoms with Gasteiger partial charge in [0.05, 0.1) is 18.2 Å². The maximum absolute atomic E-state index is 13.5. The van der Waals surface area contributed by atoms with Gasteiger partial charge in [-0.1, -0.05) is 11.8 Å². The molecule has 8 heteroatoms. The van der Waals surface area contributed by atoms with E-state index in [1.807, 2.05) is 6.07 Å². The largest absolute Gasteiger partial charge is 0.495 e. The van der Waals surface area contributed by atoms with Crippen molar-refractivity contribution in [3.05, 3.63) is 17.7 Å². The summed E-state index contributed by atoms with van der Waals surface area (Å²) in [4.78, 5) is 17.1. The third-order valence-corrected chi connectivity index (χ3v) is 8.24. The molecule has 1 atom stereocenters. The Morgan fingerprint density at radius 3 is 2.53 bits per heavy atom. The molecule has 0 spiro atoms. The monoisotopic (exact) mass is 522 g/mol. The molecule has 0 saturated carbocycles. The molecule has 1 N–H and O–H groups in total. The first-order valence-corrected chi connectivity index (χ1v) is 14.5. The molecular weight excluding hydrogens is 479 g/mol. The van der Waals surface area contributed by atoms with E-state index in [-0.39, 0.29) is 0 Å². The number of nitrogens with one attached hydrogen (secondary N) is 1. The van der Waals surface area contributed by atoms with Gasteiger partial charge >= 0.3 is 0 Å². The molecule has 0 bridgehead atoms. The summed E-state index contributed by atoms with van der Waals surface area (Å²) >= 11 is 0. The standard InChI is InChI=1S/C30H43FN6O/c1-22(2)36-17-11-25(12-18-36)32-29-26-20-28(38-3)23(9-5-8-13-35-16-10-24(31)21-35)19-27(26)33-30(34-29)37-14-6-4-7-15-37/h19-20,22,24-25H,4,6-8,10-18,21H2,1-3H3,(H,32,33,34)/t24-/m0/s1. The predicted octanol–water partition coefficient (Wildman–Crippen LogP) is 4.70. The third-order valence-electron chi connectivity index (χ3n) is 8.24. The third kappa shape index (κ3) is 6.50. The van der Waals surface area contributed by atoms with Crippen molar-refractivity contribution in [1.29, 1.82) is 0 Å². The van der Waals surface area contributed by atoms with Gasteiger partial charge in [0.15, 0.2) is 0 Å². The fourth-order valence-electron chi connectivity index (χ4n) is 5.87. The molecule has 3 aliphatic rings. The highest BCUT2D eigenvalue weighted by Gasteiger charge is 2.24. The van der Waals surface area contributed by atoms with E-state index in [2.05, 4.69) is 51.8 Å². The molecule has 0 unspecified atom stereocenters. The Morgan fingerprint density at radius 1 is 1.05 bits per heavy atom. The first-order valence-electron chi connectivity index (χ1n) is 14.5. The number of benzene rings is 1. The fourth-order valence-corrected chi connectivity index (χ4v) is 5.87. The molecule has 0 amide bonds. The zero-order valence-electron chi connectivity index (χ0n) is 23.3. The number of hydrogen-bond donors (Lipinski definition) is 1. The number of hydrogen-bond acceptors (Lipinski definition) is 7. The summed E-state index contributed by atoms with van der Waals surface area (Å²) in [6.07, 6.45) is 6.48. The van der Waals surface area contributed by atoms with E-state index < -0.39 is 6.17 Å². The van der Waals surface area contributed by atoms with Gasteiger partial charge in [-0.25, -0.2) is 9.37 Å². The molecule has 3 fully saturated rings. The van der Waals surface area contributed by atoms with Crippen LogP contribution in [-0.4, -0.2) is 90.9 Å². The lowest BCUT2D eigenvalue weighted by Gasteiger charge is -2.35. The number of aromatic nitrogens is 2. The molecule has 4 heterocycles. The van der Waals surface area contributed by atoms with Crippen LogP contribution in [0.1, 0.15) is 64.4 Å². The number of alkyl halides is 1. The van der Waals surface area contributed by atoms with E-state index in [4.69, 9.17) is 14.7 Å². The Balaban J connectivity index is 1.41. The molecule has 5 rings (SSSR count). The maximum atomic E-state index is 13.5. The number of ether oxygens (including phenoxy) is 1. The minimum absolute atomic E-state index is 0.386. The molecule has 7 nitrogen and oxygen atoms in total. The van der Waals surface area contributed by atoms with Gasteiger partial charge in [0.2, 0.25) is 5.95 Å². The van der Waals surface area contributed by atoms with Crippen molar-refractivity contribution in [3.8, 4) is 17.6 Å². The lowest BCUT2D eigenvalue weighted by molar-refractivity contribution is 0.177. The van der Waals surface area contributed by atoms with E-state index in [1.165, 1.54) is 19.3 Å². The van der Waals surface area contributed by atoms with Crippen LogP contribution in [0.5, 0.6) is 5.75 Å². The van der Waals surface area contributed by atoms with Crippen LogP contribution >= 0.6 is 0 Å². The smallest absolute Gasteiger partial charge is 0.227 e. The second-order valence-electron chi connectivity index (χ2n) is 11.3. The summed E-state index contributed by atoms with van der Waals surface area (Å²) in [6, 6.07) is 5.06. The molecule has 1 aromatic heterocycles. The molecule has 38 heavy (non-hydrogen) atoms. The van der Waals surface area contributed by atoms with E-state index in [9.17, 15) is 4.39 Å². The summed E-state index contributed by atoms with van der Waals surface area (Å²) < 4.78 is 19.2. The zero-order valence-corrected chi connectivity index (χ0v) is 23.3. The maximum Gasteiger partial charge on any atom is 0.227 e. The number of likely N-dealkylation sites (tertiary alicyclic amines) is 2. The van der Waals surface area contributed by atoms with Crippen molar-refractivity contribution in [3.63, 3.8) is 0 Å². The van der Waals surface area contributed by atoms with E-state index in [1.54, 1.807) is 7.11 Å². The number of piperidine rings is 2. The van der Waals surface area contributed by atoms with Crippen molar-refractivity contribution in [2.45, 2.75) is 77.0 Å². The Labute approximate surface area is 227 Å². The Bertz CT molecular complexity index is 1150. The molecule has 206 valence electrons. The molecule has 1 aromatic carbocycles. The predicted molar refractivity (Wildman–Crippen MR) is 153 cm³/mol. The Morgan fingerprint density at radius 2 is 1.84 bits per heavy atom. The molecule has 2 aromatic rings. The lowest BCUT2D eigenvalue weighted by Crippen LogP contribution is -2.42. The van der Waals surface area contributed by atoms with Crippen molar-refractivity contribution >= 4 is 22.7 Å². The first-order chi connectivity index (χ1) is 18.5. The minimum atomic E-state index is -0.692. The highest BCUT2D eigenvalue weighted by Crippen LogP contribution is 2.32. The van der Waals surface area contributed by atoms with Gasteiger partial charge in [0.25, 0.3) is 0 Å². The molecule has 3 saturated heterocycles. The number of anilines is 2. The molecule has 0 radical (unpaired) electrons. The van der Waals surface area contributed by atoms with E-state index in [0.29, 0.717) is 31.5 Å². The average Bonchev–Trinajstić information content (AvgIpc) is 3.36. The van der Waals surface area contributed by atoms with Crippen LogP contribution in [0.25, 0.3) is 10.9 Å². The van der Waals surface area contributed by atoms with Gasteiger partial charge in [-0.3, -0.25) is 4.90 Å². The van der Waals surface area contributed by atoms with Gasteiger partial charge in [-0.15, -0.1) is 0 Å². The lowest BCUT2D eigenvalue weighted by atomic mass is 10.0. The zero-order chi connectivity index (χ0) is 26.5. The van der Waals surface area contributed by atoms with Gasteiger partial charge in [-0.2, -0.15) is 4.98 Å². The van der Waals surface area contributed by atoms with Crippen molar-refractivity contribution in [1.82, 2.24) is 19.8 Å².